The number of thiazole rings is 1. The Kier molecular flexibility index (Phi) is 3.55. The fourth-order valence-electron chi connectivity index (χ4n) is 1.65. The molecule has 2 heterocycles. The SMILES string of the molecule is ClCc1sc(Oc2cnc3ccccc3c2)nc1Cl. The van der Waals surface area contributed by atoms with Crippen LogP contribution in [0.4, 0.5) is 0 Å². The van der Waals surface area contributed by atoms with E-state index in [1.165, 1.54) is 11.3 Å². The molecule has 0 unspecified atom stereocenters. The van der Waals surface area contributed by atoms with E-state index in [4.69, 9.17) is 27.9 Å². The summed E-state index contributed by atoms with van der Waals surface area (Å²) in [5.41, 5.74) is 0.925. The Morgan fingerprint density at radius 2 is 2.11 bits per heavy atom. The van der Waals surface area contributed by atoms with Crippen LogP contribution < -0.4 is 4.74 Å². The maximum absolute atomic E-state index is 5.93. The number of hydrogen-bond donors (Lipinski definition) is 0. The normalized spacial score (nSPS) is 10.8. The summed E-state index contributed by atoms with van der Waals surface area (Å²) < 4.78 is 5.65. The molecule has 0 radical (unpaired) electrons. The molecule has 0 amide bonds. The van der Waals surface area contributed by atoms with Crippen LogP contribution in [-0.2, 0) is 5.88 Å². The molecule has 0 atom stereocenters. The van der Waals surface area contributed by atoms with Crippen LogP contribution in [0.5, 0.6) is 10.9 Å². The van der Waals surface area contributed by atoms with Crippen molar-refractivity contribution in [2.45, 2.75) is 5.88 Å². The number of alkyl halides is 1. The van der Waals surface area contributed by atoms with Gasteiger partial charge in [0.25, 0.3) is 5.19 Å². The monoisotopic (exact) mass is 310 g/mol. The van der Waals surface area contributed by atoms with Crippen LogP contribution >= 0.6 is 34.5 Å². The molecule has 3 aromatic rings. The Labute approximate surface area is 123 Å². The molecular weight excluding hydrogens is 303 g/mol. The molecule has 2 aromatic heterocycles. The lowest BCUT2D eigenvalue weighted by atomic mass is 10.2. The third-order valence-corrected chi connectivity index (χ3v) is 4.31. The first-order valence-corrected chi connectivity index (χ1v) is 7.23. The zero-order valence-corrected chi connectivity index (χ0v) is 12.0. The molecule has 0 spiro atoms. The van der Waals surface area contributed by atoms with E-state index in [0.717, 1.165) is 15.8 Å². The molecule has 3 nitrogen and oxygen atoms in total. The highest BCUT2D eigenvalue weighted by molar-refractivity contribution is 7.14. The second kappa shape index (κ2) is 5.33. The van der Waals surface area contributed by atoms with E-state index in [0.29, 0.717) is 22.0 Å². The molecular formula is C13H8Cl2N2OS. The van der Waals surface area contributed by atoms with Crippen molar-refractivity contribution in [3.63, 3.8) is 0 Å². The first-order chi connectivity index (χ1) is 9.26. The van der Waals surface area contributed by atoms with Gasteiger partial charge in [0.1, 0.15) is 10.9 Å². The zero-order valence-electron chi connectivity index (χ0n) is 9.64. The summed E-state index contributed by atoms with van der Waals surface area (Å²) in [6, 6.07) is 9.75. The summed E-state index contributed by atoms with van der Waals surface area (Å²) >= 11 is 13.0. The molecule has 19 heavy (non-hydrogen) atoms. The predicted octanol–water partition coefficient (Wildman–Crippen LogP) is 4.88. The van der Waals surface area contributed by atoms with Gasteiger partial charge in [-0.15, -0.1) is 11.6 Å². The van der Waals surface area contributed by atoms with E-state index < -0.39 is 0 Å². The Hall–Kier alpha value is -1.36. The van der Waals surface area contributed by atoms with Gasteiger partial charge in [-0.2, -0.15) is 4.98 Å². The third kappa shape index (κ3) is 2.66. The zero-order chi connectivity index (χ0) is 13.2. The Morgan fingerprint density at radius 1 is 1.26 bits per heavy atom. The third-order valence-electron chi connectivity index (χ3n) is 2.52. The lowest BCUT2D eigenvalue weighted by molar-refractivity contribution is 0.477. The minimum Gasteiger partial charge on any atom is -0.429 e. The van der Waals surface area contributed by atoms with E-state index in [9.17, 15) is 0 Å². The molecule has 6 heteroatoms. The van der Waals surface area contributed by atoms with Crippen LogP contribution in [-0.4, -0.2) is 9.97 Å². The largest absolute Gasteiger partial charge is 0.429 e. The minimum absolute atomic E-state index is 0.329. The minimum atomic E-state index is 0.329. The number of para-hydroxylation sites is 1. The highest BCUT2D eigenvalue weighted by atomic mass is 35.5. The Morgan fingerprint density at radius 3 is 2.89 bits per heavy atom. The Balaban J connectivity index is 1.91. The lowest BCUT2D eigenvalue weighted by Gasteiger charge is -2.02. The maximum atomic E-state index is 5.93. The van der Waals surface area contributed by atoms with Crippen molar-refractivity contribution in [2.75, 3.05) is 0 Å². The molecule has 96 valence electrons. The molecule has 0 N–H and O–H groups in total. The van der Waals surface area contributed by atoms with Crippen LogP contribution in [0.3, 0.4) is 0 Å². The van der Waals surface area contributed by atoms with Crippen molar-refractivity contribution < 1.29 is 4.74 Å². The Bertz CT molecular complexity index is 729. The molecule has 0 saturated carbocycles. The van der Waals surface area contributed by atoms with E-state index in [2.05, 4.69) is 9.97 Å². The average Bonchev–Trinajstić information content (AvgIpc) is 2.78. The van der Waals surface area contributed by atoms with Crippen molar-refractivity contribution in [1.29, 1.82) is 0 Å². The molecule has 0 aliphatic carbocycles. The lowest BCUT2D eigenvalue weighted by Crippen LogP contribution is -1.85. The number of ether oxygens (including phenoxy) is 1. The standard InChI is InChI=1S/C13H8Cl2N2OS/c14-6-11-12(15)17-13(19-11)18-9-5-8-3-1-2-4-10(8)16-7-9/h1-5,7H,6H2. The molecule has 3 rings (SSSR count). The number of benzene rings is 1. The smallest absolute Gasteiger partial charge is 0.280 e. The topological polar surface area (TPSA) is 35.0 Å². The highest BCUT2D eigenvalue weighted by Crippen LogP contribution is 2.33. The van der Waals surface area contributed by atoms with Crippen molar-refractivity contribution >= 4 is 45.4 Å². The van der Waals surface area contributed by atoms with Gasteiger partial charge >= 0.3 is 0 Å². The molecule has 0 aliphatic heterocycles. The number of halogens is 2. The van der Waals surface area contributed by atoms with Crippen molar-refractivity contribution in [3.05, 3.63) is 46.6 Å². The van der Waals surface area contributed by atoms with Gasteiger partial charge < -0.3 is 4.74 Å². The van der Waals surface area contributed by atoms with E-state index in [1.807, 2.05) is 30.3 Å². The fourth-order valence-corrected chi connectivity index (χ4v) is 2.98. The van der Waals surface area contributed by atoms with Crippen LogP contribution in [0.1, 0.15) is 4.88 Å². The van der Waals surface area contributed by atoms with Gasteiger partial charge in [0.15, 0.2) is 0 Å². The number of pyridine rings is 1. The maximum Gasteiger partial charge on any atom is 0.280 e. The number of rotatable bonds is 3. The molecule has 0 aliphatic rings. The van der Waals surface area contributed by atoms with Crippen molar-refractivity contribution in [2.24, 2.45) is 0 Å². The van der Waals surface area contributed by atoms with Gasteiger partial charge in [-0.3, -0.25) is 4.98 Å². The molecule has 0 saturated heterocycles. The van der Waals surface area contributed by atoms with Gasteiger partial charge in [0.2, 0.25) is 0 Å². The summed E-state index contributed by atoms with van der Waals surface area (Å²) in [5, 5.41) is 1.88. The quantitative estimate of drug-likeness (QED) is 0.647. The first-order valence-electron chi connectivity index (χ1n) is 5.50. The number of nitrogens with zero attached hydrogens (tertiary/aromatic N) is 2. The van der Waals surface area contributed by atoms with Gasteiger partial charge in [-0.1, -0.05) is 41.1 Å². The van der Waals surface area contributed by atoms with Crippen LogP contribution in [0.25, 0.3) is 10.9 Å². The summed E-state index contributed by atoms with van der Waals surface area (Å²) in [5.74, 6) is 0.959. The van der Waals surface area contributed by atoms with Gasteiger partial charge in [0, 0.05) is 5.39 Å². The predicted molar refractivity (Wildman–Crippen MR) is 78.5 cm³/mol. The van der Waals surface area contributed by atoms with Crippen LogP contribution in [0.2, 0.25) is 5.15 Å². The number of aromatic nitrogens is 2. The van der Waals surface area contributed by atoms with Gasteiger partial charge in [-0.25, -0.2) is 0 Å². The van der Waals surface area contributed by atoms with Crippen LogP contribution in [0, 0.1) is 0 Å². The average molecular weight is 311 g/mol. The van der Waals surface area contributed by atoms with Crippen LogP contribution in [0.15, 0.2) is 36.5 Å². The first kappa shape index (κ1) is 12.7. The van der Waals surface area contributed by atoms with Crippen molar-refractivity contribution in [3.8, 4) is 10.9 Å². The van der Waals surface area contributed by atoms with E-state index in [-0.39, 0.29) is 0 Å². The second-order valence-corrected chi connectivity index (χ2v) is 5.46. The van der Waals surface area contributed by atoms with E-state index >= 15 is 0 Å². The summed E-state index contributed by atoms with van der Waals surface area (Å²) in [4.78, 5) is 9.22. The highest BCUT2D eigenvalue weighted by Gasteiger charge is 2.10. The van der Waals surface area contributed by atoms with E-state index in [1.54, 1.807) is 6.20 Å². The second-order valence-electron chi connectivity index (χ2n) is 3.79. The molecule has 0 bridgehead atoms. The summed E-state index contributed by atoms with van der Waals surface area (Å²) in [7, 11) is 0. The number of fused-ring (bicyclic) bond motifs is 1. The summed E-state index contributed by atoms with van der Waals surface area (Å²) in [6.45, 7) is 0. The molecule has 0 fully saturated rings. The van der Waals surface area contributed by atoms with Gasteiger partial charge in [0.05, 0.1) is 22.5 Å². The summed E-state index contributed by atoms with van der Waals surface area (Å²) in [6.07, 6.45) is 1.66. The van der Waals surface area contributed by atoms with Gasteiger partial charge in [-0.05, 0) is 12.1 Å². The molecule has 1 aromatic carbocycles. The number of hydrogen-bond acceptors (Lipinski definition) is 4. The fraction of sp³-hybridized carbons (Fsp3) is 0.0769. The van der Waals surface area contributed by atoms with Crippen molar-refractivity contribution in [1.82, 2.24) is 9.97 Å².